The summed E-state index contributed by atoms with van der Waals surface area (Å²) in [6.45, 7) is 8.94. The molecule has 1 aliphatic heterocycles. The second kappa shape index (κ2) is 13.5. The van der Waals surface area contributed by atoms with E-state index in [2.05, 4.69) is 10.3 Å². The average molecular weight is 648 g/mol. The summed E-state index contributed by atoms with van der Waals surface area (Å²) in [5.41, 5.74) is 10.3. The van der Waals surface area contributed by atoms with Gasteiger partial charge < -0.3 is 19.9 Å². The molecule has 1 saturated heterocycles. The van der Waals surface area contributed by atoms with E-state index in [0.717, 1.165) is 16.7 Å². The van der Waals surface area contributed by atoms with Crippen molar-refractivity contribution in [2.45, 2.75) is 57.2 Å². The Morgan fingerprint density at radius 2 is 1.84 bits per heavy atom. The van der Waals surface area contributed by atoms with Crippen molar-refractivity contribution >= 4 is 45.9 Å². The Balaban J connectivity index is 1.41. The van der Waals surface area contributed by atoms with Crippen LogP contribution in [0.2, 0.25) is 0 Å². The lowest BCUT2D eigenvalue weighted by Gasteiger charge is -2.21. The largest absolute Gasteiger partial charge is 0.447 e. The highest BCUT2D eigenvalue weighted by molar-refractivity contribution is 7.79. The van der Waals surface area contributed by atoms with E-state index >= 15 is 0 Å². The maximum atomic E-state index is 13.2. The molecule has 1 fully saturated rings. The summed E-state index contributed by atoms with van der Waals surface area (Å²) in [5, 5.41) is 3.46. The third kappa shape index (κ3) is 7.95. The number of urea groups is 1. The van der Waals surface area contributed by atoms with E-state index in [1.807, 2.05) is 56.3 Å². The number of benzene rings is 3. The first kappa shape index (κ1) is 32.3. The van der Waals surface area contributed by atoms with E-state index in [1.165, 1.54) is 11.3 Å². The summed E-state index contributed by atoms with van der Waals surface area (Å²) >= 11 is -0.930. The highest BCUT2D eigenvalue weighted by atomic mass is 32.2. The van der Waals surface area contributed by atoms with Gasteiger partial charge >= 0.3 is 12.1 Å². The molecule has 1 unspecified atom stereocenters. The average Bonchev–Trinajstić information content (AvgIpc) is 3.59. The Morgan fingerprint density at radius 1 is 1.11 bits per heavy atom. The molecule has 4 N–H and O–H groups in total. The van der Waals surface area contributed by atoms with Crippen molar-refractivity contribution in [1.29, 1.82) is 0 Å². The van der Waals surface area contributed by atoms with Gasteiger partial charge in [0, 0.05) is 53.9 Å². The lowest BCUT2D eigenvalue weighted by molar-refractivity contribution is 0.130. The Bertz CT molecular complexity index is 1720. The van der Waals surface area contributed by atoms with E-state index in [-0.39, 0.29) is 17.0 Å². The summed E-state index contributed by atoms with van der Waals surface area (Å²) < 4.78 is 28.0. The van der Waals surface area contributed by atoms with Crippen LogP contribution in [0.1, 0.15) is 38.8 Å². The molecule has 236 valence electrons. The maximum absolute atomic E-state index is 13.2. The quantitative estimate of drug-likeness (QED) is 0.162. The molecule has 0 spiro atoms. The molecule has 0 radical (unpaired) electrons. The zero-order valence-electron chi connectivity index (χ0n) is 25.6. The highest BCUT2D eigenvalue weighted by Crippen LogP contribution is 2.39. The van der Waals surface area contributed by atoms with Crippen molar-refractivity contribution in [3.8, 4) is 21.0 Å². The van der Waals surface area contributed by atoms with E-state index in [1.54, 1.807) is 54.1 Å². The third-order valence-corrected chi connectivity index (χ3v) is 8.90. The van der Waals surface area contributed by atoms with Gasteiger partial charge in [-0.3, -0.25) is 10.2 Å². The number of thiazole rings is 1. The Morgan fingerprint density at radius 3 is 2.53 bits per heavy atom. The van der Waals surface area contributed by atoms with Gasteiger partial charge in [-0.25, -0.2) is 18.8 Å². The van der Waals surface area contributed by atoms with Crippen LogP contribution in [0.15, 0.2) is 77.8 Å². The van der Waals surface area contributed by atoms with Gasteiger partial charge in [-0.05, 0) is 75.6 Å². The molecular weight excluding hydrogens is 611 g/mol. The fourth-order valence-corrected chi connectivity index (χ4v) is 6.87. The Kier molecular flexibility index (Phi) is 9.68. The first-order valence-electron chi connectivity index (χ1n) is 14.6. The molecule has 4 aromatic rings. The first-order valence-corrected chi connectivity index (χ1v) is 16.5. The number of amides is 3. The number of hydrogen-bond acceptors (Lipinski definition) is 7. The van der Waals surface area contributed by atoms with Crippen LogP contribution in [0, 0.1) is 0 Å². The topological polar surface area (TPSA) is 138 Å². The standard InChI is InChI=1S/C33H37N5O5S2/c1-21(2)43-31(39)36-24-10-12-26(23(16-24)18-33(3,4)34)30-35-19-28(44-30)27-13-11-25(17-29(27)45(41)42)38-15-14-37(32(38)40)20-22-8-6-5-7-9-22/h5-13,16-17,19,21H,14-15,18,20,34H2,1-4H3,(H,36,39)(H,41,42). The minimum atomic E-state index is -2.31. The molecule has 1 atom stereocenters. The predicted octanol–water partition coefficient (Wildman–Crippen LogP) is 6.74. The fraction of sp³-hybridized carbons (Fsp3) is 0.303. The third-order valence-electron chi connectivity index (χ3n) is 7.12. The zero-order valence-corrected chi connectivity index (χ0v) is 27.3. The summed E-state index contributed by atoms with van der Waals surface area (Å²) in [7, 11) is 0. The second-order valence-electron chi connectivity index (χ2n) is 11.9. The molecule has 45 heavy (non-hydrogen) atoms. The van der Waals surface area contributed by atoms with Crippen molar-refractivity contribution in [3.05, 3.63) is 84.1 Å². The zero-order chi connectivity index (χ0) is 32.3. The summed E-state index contributed by atoms with van der Waals surface area (Å²) in [6, 6.07) is 20.3. The number of hydrogen-bond donors (Lipinski definition) is 3. The normalized spacial score (nSPS) is 14.2. The number of carbonyl (C=O) groups excluding carboxylic acids is 2. The molecule has 12 heteroatoms. The fourth-order valence-electron chi connectivity index (χ4n) is 5.20. The van der Waals surface area contributed by atoms with E-state index < -0.39 is 22.7 Å². The number of carbonyl (C=O) groups is 2. The summed E-state index contributed by atoms with van der Waals surface area (Å²) in [6.07, 6.45) is 1.40. The monoisotopic (exact) mass is 647 g/mol. The van der Waals surface area contributed by atoms with Gasteiger partial charge in [0.25, 0.3) is 0 Å². The van der Waals surface area contributed by atoms with E-state index in [4.69, 9.17) is 10.5 Å². The molecule has 2 heterocycles. The minimum absolute atomic E-state index is 0.146. The molecule has 0 aliphatic carbocycles. The number of nitrogens with one attached hydrogen (secondary N) is 1. The first-order chi connectivity index (χ1) is 21.4. The van der Waals surface area contributed by atoms with Crippen LogP contribution in [-0.2, 0) is 28.8 Å². The number of anilines is 2. The van der Waals surface area contributed by atoms with Crippen LogP contribution < -0.4 is 16.0 Å². The molecule has 1 aromatic heterocycles. The van der Waals surface area contributed by atoms with Crippen LogP contribution in [0.3, 0.4) is 0 Å². The van der Waals surface area contributed by atoms with E-state index in [0.29, 0.717) is 52.9 Å². The summed E-state index contributed by atoms with van der Waals surface area (Å²) in [4.78, 5) is 34.4. The van der Waals surface area contributed by atoms with Gasteiger partial charge in [0.05, 0.1) is 15.9 Å². The Labute approximate surface area is 269 Å². The van der Waals surface area contributed by atoms with Crippen molar-refractivity contribution < 1.29 is 23.1 Å². The van der Waals surface area contributed by atoms with Gasteiger partial charge in [0.1, 0.15) is 5.01 Å². The molecule has 1 aliphatic rings. The van der Waals surface area contributed by atoms with Gasteiger partial charge in [-0.15, -0.1) is 11.3 Å². The lowest BCUT2D eigenvalue weighted by atomic mass is 9.92. The van der Waals surface area contributed by atoms with E-state index in [9.17, 15) is 18.4 Å². The van der Waals surface area contributed by atoms with Crippen molar-refractivity contribution in [3.63, 3.8) is 0 Å². The number of nitrogens with zero attached hydrogens (tertiary/aromatic N) is 3. The molecule has 0 saturated carbocycles. The second-order valence-corrected chi connectivity index (χ2v) is 13.9. The molecule has 0 bridgehead atoms. The number of aromatic nitrogens is 1. The number of rotatable bonds is 10. The van der Waals surface area contributed by atoms with Crippen LogP contribution in [0.5, 0.6) is 0 Å². The van der Waals surface area contributed by atoms with Crippen LogP contribution in [0.4, 0.5) is 21.0 Å². The number of nitrogens with two attached hydrogens (primary N) is 1. The smallest absolute Gasteiger partial charge is 0.411 e. The summed E-state index contributed by atoms with van der Waals surface area (Å²) in [5.74, 6) is 0. The van der Waals surface area contributed by atoms with Gasteiger partial charge in [-0.2, -0.15) is 0 Å². The SMILES string of the molecule is CC(C)OC(=O)Nc1ccc(-c2ncc(-c3ccc(N4CCN(Cc5ccccc5)C4=O)cc3S(=O)O)s2)c(CC(C)(C)N)c1. The van der Waals surface area contributed by atoms with Crippen LogP contribution in [-0.4, -0.2) is 55.5 Å². The van der Waals surface area contributed by atoms with Gasteiger partial charge in [0.15, 0.2) is 11.1 Å². The molecule has 3 amide bonds. The highest BCUT2D eigenvalue weighted by Gasteiger charge is 2.30. The number of ether oxygens (including phenoxy) is 1. The van der Waals surface area contributed by atoms with Crippen molar-refractivity contribution in [2.75, 3.05) is 23.3 Å². The molecular formula is C33H37N5O5S2. The van der Waals surface area contributed by atoms with Crippen LogP contribution in [0.25, 0.3) is 21.0 Å². The van der Waals surface area contributed by atoms with Gasteiger partial charge in [0.2, 0.25) is 0 Å². The van der Waals surface area contributed by atoms with Crippen molar-refractivity contribution in [2.24, 2.45) is 5.73 Å². The lowest BCUT2D eigenvalue weighted by Crippen LogP contribution is -2.34. The molecule has 5 rings (SSSR count). The maximum Gasteiger partial charge on any atom is 0.411 e. The predicted molar refractivity (Wildman–Crippen MR) is 179 cm³/mol. The molecule has 10 nitrogen and oxygen atoms in total. The Hall–Kier alpha value is -4.10. The van der Waals surface area contributed by atoms with Crippen molar-refractivity contribution in [1.82, 2.24) is 9.88 Å². The van der Waals surface area contributed by atoms with Crippen LogP contribution >= 0.6 is 11.3 Å². The molecule has 3 aromatic carbocycles. The minimum Gasteiger partial charge on any atom is -0.447 e. The van der Waals surface area contributed by atoms with Gasteiger partial charge in [-0.1, -0.05) is 36.4 Å².